The quantitative estimate of drug-likeness (QED) is 0.647. The van der Waals surface area contributed by atoms with E-state index in [1.807, 2.05) is 0 Å². The zero-order chi connectivity index (χ0) is 14.6. The number of sulfonamides is 1. The van der Waals surface area contributed by atoms with Gasteiger partial charge in [0.15, 0.2) is 0 Å². The van der Waals surface area contributed by atoms with Gasteiger partial charge in [-0.2, -0.15) is 0 Å². The van der Waals surface area contributed by atoms with Crippen LogP contribution in [0.5, 0.6) is 0 Å². The molecular weight excluding hydrogens is 272 g/mol. The highest BCUT2D eigenvalue weighted by molar-refractivity contribution is 7.89. The summed E-state index contributed by atoms with van der Waals surface area (Å²) in [5, 5.41) is 8.99. The van der Waals surface area contributed by atoms with Crippen molar-refractivity contribution in [3.05, 3.63) is 23.8 Å². The molecule has 7 nitrogen and oxygen atoms in total. The van der Waals surface area contributed by atoms with E-state index in [9.17, 15) is 13.2 Å². The van der Waals surface area contributed by atoms with Gasteiger partial charge in [-0.15, -0.1) is 0 Å². The number of rotatable bonds is 6. The summed E-state index contributed by atoms with van der Waals surface area (Å²) < 4.78 is 31.3. The van der Waals surface area contributed by atoms with E-state index in [2.05, 4.69) is 4.72 Å². The van der Waals surface area contributed by atoms with Gasteiger partial charge in [-0.05, 0) is 25.1 Å². The van der Waals surface area contributed by atoms with E-state index in [0.29, 0.717) is 0 Å². The average Bonchev–Trinajstić information content (AvgIpc) is 2.35. The highest BCUT2D eigenvalue weighted by Crippen LogP contribution is 2.19. The molecule has 0 spiro atoms. The topological polar surface area (TPSA) is 119 Å². The molecule has 0 heterocycles. The van der Waals surface area contributed by atoms with Crippen LogP contribution in [0.15, 0.2) is 23.1 Å². The lowest BCUT2D eigenvalue weighted by atomic mass is 10.2. The number of carboxylic acids is 1. The van der Waals surface area contributed by atoms with Gasteiger partial charge < -0.3 is 15.6 Å². The van der Waals surface area contributed by atoms with Gasteiger partial charge in [-0.1, -0.05) is 0 Å². The van der Waals surface area contributed by atoms with Gasteiger partial charge in [0.25, 0.3) is 0 Å². The molecule has 4 N–H and O–H groups in total. The maximum atomic E-state index is 12.0. The largest absolute Gasteiger partial charge is 0.478 e. The Hall–Kier alpha value is -1.64. The number of carbonyl (C=O) groups is 1. The molecule has 1 rings (SSSR count). The highest BCUT2D eigenvalue weighted by Gasteiger charge is 2.22. The van der Waals surface area contributed by atoms with Gasteiger partial charge in [0.2, 0.25) is 10.0 Å². The Bertz CT molecular complexity index is 570. The number of methoxy groups -OCH3 is 1. The van der Waals surface area contributed by atoms with E-state index < -0.39 is 16.0 Å². The summed E-state index contributed by atoms with van der Waals surface area (Å²) >= 11 is 0. The standard InChI is InChI=1S/C11H16N2O5S/c1-7(18-2)6-13-19(16,17)10-5-8(12)3-4-9(10)11(14)15/h3-5,7,13H,6,12H2,1-2H3,(H,14,15). The second-order valence-electron chi connectivity index (χ2n) is 3.96. The molecule has 0 fully saturated rings. The fraction of sp³-hybridized carbons (Fsp3) is 0.364. The van der Waals surface area contributed by atoms with Gasteiger partial charge in [0, 0.05) is 19.3 Å². The molecule has 0 radical (unpaired) electrons. The van der Waals surface area contributed by atoms with Gasteiger partial charge >= 0.3 is 5.97 Å². The third-order valence-corrected chi connectivity index (χ3v) is 3.95. The molecule has 0 bridgehead atoms. The normalized spacial score (nSPS) is 13.2. The first-order chi connectivity index (χ1) is 8.77. The summed E-state index contributed by atoms with van der Waals surface area (Å²) in [6.45, 7) is 1.71. The number of hydrogen-bond acceptors (Lipinski definition) is 5. The molecule has 106 valence electrons. The Balaban J connectivity index is 3.13. The molecule has 8 heteroatoms. The average molecular weight is 288 g/mol. The number of aromatic carboxylic acids is 1. The van der Waals surface area contributed by atoms with Crippen LogP contribution in [0.25, 0.3) is 0 Å². The second-order valence-corrected chi connectivity index (χ2v) is 5.69. The molecule has 0 aliphatic carbocycles. The van der Waals surface area contributed by atoms with E-state index in [1.54, 1.807) is 6.92 Å². The summed E-state index contributed by atoms with van der Waals surface area (Å²) in [5.74, 6) is -1.33. The Morgan fingerprint density at radius 3 is 2.68 bits per heavy atom. The minimum atomic E-state index is -3.95. The van der Waals surface area contributed by atoms with Crippen molar-refractivity contribution in [1.29, 1.82) is 0 Å². The molecule has 0 aliphatic heterocycles. The summed E-state index contributed by atoms with van der Waals surface area (Å²) in [5.41, 5.74) is 5.34. The minimum Gasteiger partial charge on any atom is -0.478 e. The lowest BCUT2D eigenvalue weighted by Crippen LogP contribution is -2.32. The third kappa shape index (κ3) is 3.91. The van der Waals surface area contributed by atoms with Crippen LogP contribution < -0.4 is 10.5 Å². The molecule has 0 saturated heterocycles. The molecule has 0 amide bonds. The van der Waals surface area contributed by atoms with Crippen molar-refractivity contribution >= 4 is 21.7 Å². The number of nitrogen functional groups attached to an aromatic ring is 1. The number of nitrogens with two attached hydrogens (primary N) is 1. The van der Waals surface area contributed by atoms with Gasteiger partial charge in [-0.25, -0.2) is 17.9 Å². The monoisotopic (exact) mass is 288 g/mol. The van der Waals surface area contributed by atoms with Gasteiger partial charge in [0.1, 0.15) is 0 Å². The summed E-state index contributed by atoms with van der Waals surface area (Å²) in [6.07, 6.45) is -0.330. The summed E-state index contributed by atoms with van der Waals surface area (Å²) in [4.78, 5) is 10.7. The number of ether oxygens (including phenoxy) is 1. The van der Waals surface area contributed by atoms with Crippen LogP contribution in [0.3, 0.4) is 0 Å². The highest BCUT2D eigenvalue weighted by atomic mass is 32.2. The molecule has 0 saturated carbocycles. The first-order valence-electron chi connectivity index (χ1n) is 5.43. The molecule has 1 aromatic rings. The van der Waals surface area contributed by atoms with Crippen LogP contribution in [0.2, 0.25) is 0 Å². The number of carboxylic acid groups (broad SMARTS) is 1. The molecule has 1 aromatic carbocycles. The smallest absolute Gasteiger partial charge is 0.337 e. The molecule has 1 atom stereocenters. The first-order valence-corrected chi connectivity index (χ1v) is 6.91. The minimum absolute atomic E-state index is 0.0344. The maximum Gasteiger partial charge on any atom is 0.337 e. The molecule has 1 unspecified atom stereocenters. The zero-order valence-electron chi connectivity index (χ0n) is 10.6. The zero-order valence-corrected chi connectivity index (χ0v) is 11.4. The predicted octanol–water partition coefficient (Wildman–Crippen LogP) is 0.280. The SMILES string of the molecule is COC(C)CNS(=O)(=O)c1cc(N)ccc1C(=O)O. The predicted molar refractivity (Wildman–Crippen MR) is 69.5 cm³/mol. The lowest BCUT2D eigenvalue weighted by molar-refractivity contribution is 0.0692. The Labute approximate surface area is 111 Å². The second kappa shape index (κ2) is 6.00. The maximum absolute atomic E-state index is 12.0. The fourth-order valence-corrected chi connectivity index (χ4v) is 2.67. The van der Waals surface area contributed by atoms with E-state index >= 15 is 0 Å². The van der Waals surface area contributed by atoms with E-state index in [-0.39, 0.29) is 28.8 Å². The number of anilines is 1. The molecule has 0 aromatic heterocycles. The van der Waals surface area contributed by atoms with Gasteiger partial charge in [-0.3, -0.25) is 0 Å². The van der Waals surface area contributed by atoms with Crippen LogP contribution in [0, 0.1) is 0 Å². The van der Waals surface area contributed by atoms with Crippen LogP contribution in [-0.2, 0) is 14.8 Å². The van der Waals surface area contributed by atoms with Crippen molar-refractivity contribution in [2.45, 2.75) is 17.9 Å². The molecular formula is C11H16N2O5S. The lowest BCUT2D eigenvalue weighted by Gasteiger charge is -2.13. The Kier molecular flexibility index (Phi) is 4.87. The van der Waals surface area contributed by atoms with E-state index in [0.717, 1.165) is 12.1 Å². The van der Waals surface area contributed by atoms with Crippen molar-refractivity contribution in [1.82, 2.24) is 4.72 Å². The number of benzene rings is 1. The number of nitrogens with one attached hydrogen (secondary N) is 1. The third-order valence-electron chi connectivity index (χ3n) is 2.49. The summed E-state index contributed by atoms with van der Waals surface area (Å²) in [6, 6.07) is 3.61. The first kappa shape index (κ1) is 15.4. The fourth-order valence-electron chi connectivity index (χ4n) is 1.33. The van der Waals surface area contributed by atoms with E-state index in [4.69, 9.17) is 15.6 Å². The van der Waals surface area contributed by atoms with Crippen LogP contribution in [0.1, 0.15) is 17.3 Å². The summed E-state index contributed by atoms with van der Waals surface area (Å²) in [7, 11) is -2.51. The Morgan fingerprint density at radius 1 is 1.53 bits per heavy atom. The van der Waals surface area contributed by atoms with Crippen molar-refractivity contribution in [3.63, 3.8) is 0 Å². The van der Waals surface area contributed by atoms with E-state index in [1.165, 1.54) is 13.2 Å². The van der Waals surface area contributed by atoms with Crippen LogP contribution in [0.4, 0.5) is 5.69 Å². The van der Waals surface area contributed by atoms with Crippen molar-refractivity contribution < 1.29 is 23.1 Å². The number of hydrogen-bond donors (Lipinski definition) is 3. The molecule has 19 heavy (non-hydrogen) atoms. The molecule has 0 aliphatic rings. The van der Waals surface area contributed by atoms with Crippen LogP contribution >= 0.6 is 0 Å². The van der Waals surface area contributed by atoms with Gasteiger partial charge in [0.05, 0.1) is 16.6 Å². The Morgan fingerprint density at radius 2 is 2.16 bits per heavy atom. The van der Waals surface area contributed by atoms with Crippen LogP contribution in [-0.4, -0.2) is 39.3 Å². The van der Waals surface area contributed by atoms with Crippen molar-refractivity contribution in [3.8, 4) is 0 Å². The van der Waals surface area contributed by atoms with Crippen molar-refractivity contribution in [2.24, 2.45) is 0 Å². The van der Waals surface area contributed by atoms with Crippen molar-refractivity contribution in [2.75, 3.05) is 19.4 Å².